The molecule has 0 aromatic heterocycles. The fourth-order valence-electron chi connectivity index (χ4n) is 3.61. The van der Waals surface area contributed by atoms with Crippen LogP contribution in [0.4, 0.5) is 0 Å². The Bertz CT molecular complexity index is 258. The molecular weight excluding hydrogens is 234 g/mol. The van der Waals surface area contributed by atoms with E-state index in [0.717, 1.165) is 25.8 Å². The topological polar surface area (TPSA) is 23.5 Å². The Morgan fingerprint density at radius 2 is 1.79 bits per heavy atom. The van der Waals surface area contributed by atoms with Gasteiger partial charge >= 0.3 is 0 Å². The van der Waals surface area contributed by atoms with Gasteiger partial charge in [-0.2, -0.15) is 0 Å². The highest BCUT2D eigenvalue weighted by Crippen LogP contribution is 2.38. The van der Waals surface area contributed by atoms with Crippen molar-refractivity contribution in [3.8, 4) is 0 Å². The van der Waals surface area contributed by atoms with E-state index < -0.39 is 0 Å². The van der Waals surface area contributed by atoms with Crippen molar-refractivity contribution >= 4 is 0 Å². The van der Waals surface area contributed by atoms with Gasteiger partial charge in [-0.15, -0.1) is 0 Å². The van der Waals surface area contributed by atoms with Crippen molar-refractivity contribution in [2.75, 3.05) is 6.54 Å². The summed E-state index contributed by atoms with van der Waals surface area (Å²) in [6.07, 6.45) is 5.50. The number of rotatable bonds is 6. The van der Waals surface area contributed by atoms with Gasteiger partial charge in [-0.25, -0.2) is 0 Å². The lowest BCUT2D eigenvalue weighted by Gasteiger charge is -2.47. The Morgan fingerprint density at radius 1 is 1.21 bits per heavy atom. The molecule has 1 saturated carbocycles. The smallest absolute Gasteiger partial charge is 0.0695 e. The number of hydrogen-bond donors (Lipinski definition) is 1. The summed E-state index contributed by atoms with van der Waals surface area (Å²) in [5, 5.41) is 10.5. The summed E-state index contributed by atoms with van der Waals surface area (Å²) in [4.78, 5) is 2.62. The Hall–Kier alpha value is -0.0800. The molecule has 2 atom stereocenters. The normalized spacial score (nSPS) is 27.5. The van der Waals surface area contributed by atoms with E-state index in [2.05, 4.69) is 46.4 Å². The molecule has 1 aliphatic rings. The fraction of sp³-hybridized carbons (Fsp3) is 1.00. The maximum absolute atomic E-state index is 10.5. The second kappa shape index (κ2) is 7.08. The van der Waals surface area contributed by atoms with Crippen molar-refractivity contribution in [1.29, 1.82) is 0 Å². The largest absolute Gasteiger partial charge is 0.391 e. The van der Waals surface area contributed by atoms with Gasteiger partial charge in [0.05, 0.1) is 6.10 Å². The quantitative estimate of drug-likeness (QED) is 0.785. The molecule has 2 heteroatoms. The first-order valence-corrected chi connectivity index (χ1v) is 8.24. The highest BCUT2D eigenvalue weighted by atomic mass is 16.3. The van der Waals surface area contributed by atoms with Crippen LogP contribution in [0.3, 0.4) is 0 Å². The van der Waals surface area contributed by atoms with Gasteiger partial charge in [0.15, 0.2) is 0 Å². The van der Waals surface area contributed by atoms with Gasteiger partial charge in [-0.1, -0.05) is 41.5 Å². The summed E-state index contributed by atoms with van der Waals surface area (Å²) in [7, 11) is 0. The first kappa shape index (κ1) is 17.0. The molecule has 114 valence electrons. The van der Waals surface area contributed by atoms with Crippen molar-refractivity contribution in [2.24, 2.45) is 11.3 Å². The summed E-state index contributed by atoms with van der Waals surface area (Å²) >= 11 is 0. The van der Waals surface area contributed by atoms with Crippen molar-refractivity contribution in [1.82, 2.24) is 4.90 Å². The summed E-state index contributed by atoms with van der Waals surface area (Å²) in [6, 6.07) is 0.979. The zero-order valence-electron chi connectivity index (χ0n) is 13.9. The lowest BCUT2D eigenvalue weighted by molar-refractivity contribution is -0.0402. The van der Waals surface area contributed by atoms with Gasteiger partial charge in [0.25, 0.3) is 0 Å². The molecule has 0 radical (unpaired) electrons. The maximum atomic E-state index is 10.5. The molecule has 0 amide bonds. The van der Waals surface area contributed by atoms with Crippen LogP contribution in [0, 0.1) is 11.3 Å². The molecule has 0 saturated heterocycles. The van der Waals surface area contributed by atoms with Crippen molar-refractivity contribution in [2.45, 2.75) is 91.8 Å². The predicted molar refractivity (Wildman–Crippen MR) is 83.3 cm³/mol. The van der Waals surface area contributed by atoms with Crippen LogP contribution in [0.2, 0.25) is 0 Å². The van der Waals surface area contributed by atoms with E-state index in [-0.39, 0.29) is 6.10 Å². The lowest BCUT2D eigenvalue weighted by Crippen LogP contribution is -2.54. The van der Waals surface area contributed by atoms with E-state index in [1.165, 1.54) is 12.8 Å². The highest BCUT2D eigenvalue weighted by molar-refractivity contribution is 4.92. The molecule has 1 fully saturated rings. The summed E-state index contributed by atoms with van der Waals surface area (Å²) in [5.74, 6) is 0.665. The second-order valence-electron chi connectivity index (χ2n) is 7.60. The lowest BCUT2D eigenvalue weighted by atomic mass is 9.73. The average Bonchev–Trinajstić information content (AvgIpc) is 2.32. The minimum atomic E-state index is -0.132. The average molecular weight is 269 g/mol. The standard InChI is InChI=1S/C17H35NO/c1-7-14(8-2)18(12-13(3)4)15-11-17(5,6)10-9-16(15)19/h13-16,19H,7-12H2,1-6H3. The third-order valence-electron chi connectivity index (χ3n) is 4.74. The van der Waals surface area contributed by atoms with Crippen LogP contribution in [0.5, 0.6) is 0 Å². The molecule has 2 unspecified atom stereocenters. The Kier molecular flexibility index (Phi) is 6.32. The molecule has 1 aliphatic carbocycles. The molecule has 1 N–H and O–H groups in total. The maximum Gasteiger partial charge on any atom is 0.0695 e. The third kappa shape index (κ3) is 4.75. The molecule has 19 heavy (non-hydrogen) atoms. The Labute approximate surface area is 120 Å². The first-order valence-electron chi connectivity index (χ1n) is 8.24. The van der Waals surface area contributed by atoms with Crippen LogP contribution in [0.25, 0.3) is 0 Å². The van der Waals surface area contributed by atoms with Gasteiger partial charge in [0.1, 0.15) is 0 Å². The van der Waals surface area contributed by atoms with Crippen LogP contribution in [0.15, 0.2) is 0 Å². The number of aliphatic hydroxyl groups excluding tert-OH is 1. The van der Waals surface area contributed by atoms with Crippen molar-refractivity contribution < 1.29 is 5.11 Å². The summed E-state index contributed by atoms with van der Waals surface area (Å²) in [6.45, 7) is 15.0. The fourth-order valence-corrected chi connectivity index (χ4v) is 3.61. The Morgan fingerprint density at radius 3 is 2.26 bits per heavy atom. The van der Waals surface area contributed by atoms with Gasteiger partial charge in [0.2, 0.25) is 0 Å². The molecule has 0 heterocycles. The van der Waals surface area contributed by atoms with Crippen LogP contribution in [-0.2, 0) is 0 Å². The van der Waals surface area contributed by atoms with E-state index in [4.69, 9.17) is 0 Å². The van der Waals surface area contributed by atoms with E-state index in [1.807, 2.05) is 0 Å². The van der Waals surface area contributed by atoms with Gasteiger partial charge in [0, 0.05) is 18.6 Å². The van der Waals surface area contributed by atoms with Crippen LogP contribution in [0.1, 0.15) is 73.6 Å². The number of hydrogen-bond acceptors (Lipinski definition) is 2. The van der Waals surface area contributed by atoms with Gasteiger partial charge in [-0.05, 0) is 43.4 Å². The molecule has 0 aromatic rings. The van der Waals surface area contributed by atoms with Gasteiger partial charge < -0.3 is 5.11 Å². The van der Waals surface area contributed by atoms with Crippen LogP contribution >= 0.6 is 0 Å². The minimum absolute atomic E-state index is 0.132. The molecule has 0 aromatic carbocycles. The van der Waals surface area contributed by atoms with Gasteiger partial charge in [-0.3, -0.25) is 4.90 Å². The molecule has 2 nitrogen and oxygen atoms in total. The third-order valence-corrected chi connectivity index (χ3v) is 4.74. The number of nitrogens with zero attached hydrogens (tertiary/aromatic N) is 1. The predicted octanol–water partition coefficient (Wildman–Crippen LogP) is 4.07. The zero-order chi connectivity index (χ0) is 14.6. The highest BCUT2D eigenvalue weighted by Gasteiger charge is 2.38. The van der Waals surface area contributed by atoms with E-state index in [0.29, 0.717) is 23.4 Å². The molecule has 0 spiro atoms. The van der Waals surface area contributed by atoms with Crippen LogP contribution < -0.4 is 0 Å². The summed E-state index contributed by atoms with van der Waals surface area (Å²) < 4.78 is 0. The van der Waals surface area contributed by atoms with E-state index >= 15 is 0 Å². The molecule has 1 rings (SSSR count). The monoisotopic (exact) mass is 269 g/mol. The Balaban J connectivity index is 2.87. The van der Waals surface area contributed by atoms with Crippen molar-refractivity contribution in [3.05, 3.63) is 0 Å². The second-order valence-corrected chi connectivity index (χ2v) is 7.60. The number of aliphatic hydroxyl groups is 1. The summed E-state index contributed by atoms with van der Waals surface area (Å²) in [5.41, 5.74) is 0.380. The van der Waals surface area contributed by atoms with Crippen LogP contribution in [-0.4, -0.2) is 34.7 Å². The molecule has 0 bridgehead atoms. The first-order chi connectivity index (χ1) is 8.80. The molecule has 0 aliphatic heterocycles. The SMILES string of the molecule is CCC(CC)N(CC(C)C)C1CC(C)(C)CCC1O. The van der Waals surface area contributed by atoms with Crippen molar-refractivity contribution in [3.63, 3.8) is 0 Å². The van der Waals surface area contributed by atoms with E-state index in [1.54, 1.807) is 0 Å². The minimum Gasteiger partial charge on any atom is -0.391 e. The zero-order valence-corrected chi connectivity index (χ0v) is 13.9. The molecular formula is C17H35NO. The van der Waals surface area contributed by atoms with E-state index in [9.17, 15) is 5.11 Å².